The van der Waals surface area contributed by atoms with E-state index in [9.17, 15) is 13.2 Å². The summed E-state index contributed by atoms with van der Waals surface area (Å²) in [7, 11) is -3.47. The van der Waals surface area contributed by atoms with Crippen LogP contribution in [-0.2, 0) is 14.8 Å². The summed E-state index contributed by atoms with van der Waals surface area (Å²) in [5.74, 6) is -0.349. The van der Waals surface area contributed by atoms with Gasteiger partial charge in [-0.3, -0.25) is 9.69 Å². The topological polar surface area (TPSA) is 92.5 Å². The van der Waals surface area contributed by atoms with E-state index in [4.69, 9.17) is 5.73 Å². The number of likely N-dealkylation sites (tertiary alicyclic amines) is 1. The molecule has 0 aliphatic carbocycles. The van der Waals surface area contributed by atoms with E-state index in [2.05, 4.69) is 4.72 Å². The molecular weight excluding hydrogens is 290 g/mol. The number of nitrogens with two attached hydrogens (primary N) is 1. The molecule has 0 saturated carbocycles. The van der Waals surface area contributed by atoms with Gasteiger partial charge in [0.25, 0.3) is 0 Å². The SMILES string of the molecule is C[C@H](C(N)=O)N1CCC(NS(=O)(=O)c2ccccc2)CC1. The van der Waals surface area contributed by atoms with Gasteiger partial charge in [-0.25, -0.2) is 13.1 Å². The maximum atomic E-state index is 12.2. The van der Waals surface area contributed by atoms with Crippen LogP contribution in [-0.4, -0.2) is 44.4 Å². The van der Waals surface area contributed by atoms with E-state index in [0.29, 0.717) is 25.9 Å². The monoisotopic (exact) mass is 311 g/mol. The quantitative estimate of drug-likeness (QED) is 0.818. The van der Waals surface area contributed by atoms with Crippen LogP contribution in [0.15, 0.2) is 35.2 Å². The number of carbonyl (C=O) groups excluding carboxylic acids is 1. The number of carbonyl (C=O) groups is 1. The van der Waals surface area contributed by atoms with E-state index < -0.39 is 10.0 Å². The summed E-state index contributed by atoms with van der Waals surface area (Å²) in [6, 6.07) is 7.92. The van der Waals surface area contributed by atoms with Crippen LogP contribution in [0.4, 0.5) is 0 Å². The Labute approximate surface area is 125 Å². The summed E-state index contributed by atoms with van der Waals surface area (Å²) in [4.78, 5) is 13.4. The molecule has 1 aromatic rings. The van der Waals surface area contributed by atoms with E-state index in [0.717, 1.165) is 0 Å². The maximum absolute atomic E-state index is 12.2. The minimum Gasteiger partial charge on any atom is -0.368 e. The second-order valence-electron chi connectivity index (χ2n) is 5.32. The molecule has 0 radical (unpaired) electrons. The van der Waals surface area contributed by atoms with Crippen molar-refractivity contribution in [2.75, 3.05) is 13.1 Å². The summed E-state index contributed by atoms with van der Waals surface area (Å²) in [5, 5.41) is 0. The molecule has 1 aliphatic rings. The van der Waals surface area contributed by atoms with Crippen LogP contribution in [0.3, 0.4) is 0 Å². The molecule has 3 N–H and O–H groups in total. The minimum atomic E-state index is -3.47. The highest BCUT2D eigenvalue weighted by Crippen LogP contribution is 2.16. The van der Waals surface area contributed by atoms with Crippen molar-refractivity contribution in [2.24, 2.45) is 5.73 Å². The second kappa shape index (κ2) is 6.55. The lowest BCUT2D eigenvalue weighted by molar-refractivity contribution is -0.123. The van der Waals surface area contributed by atoms with Crippen LogP contribution in [0.5, 0.6) is 0 Å². The zero-order valence-corrected chi connectivity index (χ0v) is 12.8. The number of piperidine rings is 1. The van der Waals surface area contributed by atoms with Crippen LogP contribution in [0.2, 0.25) is 0 Å². The van der Waals surface area contributed by atoms with Crippen LogP contribution >= 0.6 is 0 Å². The van der Waals surface area contributed by atoms with E-state index in [1.807, 2.05) is 4.90 Å². The fraction of sp³-hybridized carbons (Fsp3) is 0.500. The van der Waals surface area contributed by atoms with Crippen LogP contribution in [0.1, 0.15) is 19.8 Å². The lowest BCUT2D eigenvalue weighted by atomic mass is 10.0. The molecule has 1 amide bonds. The maximum Gasteiger partial charge on any atom is 0.240 e. The molecule has 1 fully saturated rings. The third-order valence-electron chi connectivity index (χ3n) is 3.86. The van der Waals surface area contributed by atoms with Gasteiger partial charge < -0.3 is 5.73 Å². The van der Waals surface area contributed by atoms with Gasteiger partial charge in [-0.15, -0.1) is 0 Å². The molecule has 6 nitrogen and oxygen atoms in total. The lowest BCUT2D eigenvalue weighted by Gasteiger charge is -2.34. The third-order valence-corrected chi connectivity index (χ3v) is 5.40. The first-order chi connectivity index (χ1) is 9.90. The van der Waals surface area contributed by atoms with Crippen molar-refractivity contribution >= 4 is 15.9 Å². The number of nitrogens with one attached hydrogen (secondary N) is 1. The van der Waals surface area contributed by atoms with Crippen LogP contribution in [0.25, 0.3) is 0 Å². The molecule has 1 heterocycles. The van der Waals surface area contributed by atoms with E-state index in [1.165, 1.54) is 0 Å². The Bertz CT molecular complexity index is 581. The average molecular weight is 311 g/mol. The molecule has 2 rings (SSSR count). The first kappa shape index (κ1) is 15.9. The molecule has 1 aromatic carbocycles. The standard InChI is InChI=1S/C14H21N3O3S/c1-11(14(15)18)17-9-7-12(8-10-17)16-21(19,20)13-5-3-2-4-6-13/h2-6,11-12,16H,7-10H2,1H3,(H2,15,18)/t11-/m1/s1. The van der Waals surface area contributed by atoms with Gasteiger partial charge >= 0.3 is 0 Å². The summed E-state index contributed by atoms with van der Waals surface area (Å²) in [6.45, 7) is 3.09. The number of sulfonamides is 1. The number of rotatable bonds is 5. The average Bonchev–Trinajstić information content (AvgIpc) is 2.48. The highest BCUT2D eigenvalue weighted by Gasteiger charge is 2.28. The van der Waals surface area contributed by atoms with Crippen molar-refractivity contribution in [1.82, 2.24) is 9.62 Å². The van der Waals surface area contributed by atoms with Gasteiger partial charge in [-0.1, -0.05) is 18.2 Å². The predicted molar refractivity (Wildman–Crippen MR) is 80.0 cm³/mol. The van der Waals surface area contributed by atoms with Gasteiger partial charge in [-0.05, 0) is 31.9 Å². The Balaban J connectivity index is 1.93. The first-order valence-electron chi connectivity index (χ1n) is 7.01. The van der Waals surface area contributed by atoms with Crippen molar-refractivity contribution < 1.29 is 13.2 Å². The second-order valence-corrected chi connectivity index (χ2v) is 7.04. The molecular formula is C14H21N3O3S. The Morgan fingerprint density at radius 2 is 1.86 bits per heavy atom. The Morgan fingerprint density at radius 1 is 1.29 bits per heavy atom. The van der Waals surface area contributed by atoms with E-state index >= 15 is 0 Å². The predicted octanol–water partition coefficient (Wildman–Crippen LogP) is 0.303. The fourth-order valence-corrected chi connectivity index (χ4v) is 3.80. The van der Waals surface area contributed by atoms with E-state index in [-0.39, 0.29) is 22.9 Å². The summed E-state index contributed by atoms with van der Waals surface area (Å²) in [5.41, 5.74) is 5.29. The van der Waals surface area contributed by atoms with Crippen molar-refractivity contribution in [1.29, 1.82) is 0 Å². The number of hydrogen-bond acceptors (Lipinski definition) is 4. The molecule has 0 unspecified atom stereocenters. The Hall–Kier alpha value is -1.44. The van der Waals surface area contributed by atoms with Crippen molar-refractivity contribution in [3.8, 4) is 0 Å². The Kier molecular flexibility index (Phi) is 4.97. The zero-order chi connectivity index (χ0) is 15.5. The Morgan fingerprint density at radius 3 is 2.38 bits per heavy atom. The molecule has 0 aromatic heterocycles. The van der Waals surface area contributed by atoms with Gasteiger partial charge in [0.05, 0.1) is 10.9 Å². The van der Waals surface area contributed by atoms with Crippen LogP contribution in [0, 0.1) is 0 Å². The molecule has 1 saturated heterocycles. The van der Waals surface area contributed by atoms with Crippen LogP contribution < -0.4 is 10.5 Å². The lowest BCUT2D eigenvalue weighted by Crippen LogP contribution is -2.50. The summed E-state index contributed by atoms with van der Waals surface area (Å²) >= 11 is 0. The molecule has 0 spiro atoms. The zero-order valence-electron chi connectivity index (χ0n) is 12.0. The first-order valence-corrected chi connectivity index (χ1v) is 8.49. The molecule has 21 heavy (non-hydrogen) atoms. The van der Waals surface area contributed by atoms with Gasteiger partial charge in [0.1, 0.15) is 0 Å². The highest BCUT2D eigenvalue weighted by molar-refractivity contribution is 7.89. The van der Waals surface area contributed by atoms with Gasteiger partial charge in [0, 0.05) is 19.1 Å². The highest BCUT2D eigenvalue weighted by atomic mass is 32.2. The summed E-state index contributed by atoms with van der Waals surface area (Å²) in [6.07, 6.45) is 1.34. The molecule has 7 heteroatoms. The smallest absolute Gasteiger partial charge is 0.240 e. The van der Waals surface area contributed by atoms with Crippen molar-refractivity contribution in [3.05, 3.63) is 30.3 Å². The number of primary amides is 1. The number of hydrogen-bond donors (Lipinski definition) is 2. The summed E-state index contributed by atoms with van der Waals surface area (Å²) < 4.78 is 27.2. The minimum absolute atomic E-state index is 0.105. The fourth-order valence-electron chi connectivity index (χ4n) is 2.47. The van der Waals surface area contributed by atoms with Gasteiger partial charge in [0.2, 0.25) is 15.9 Å². The molecule has 0 bridgehead atoms. The van der Waals surface area contributed by atoms with Gasteiger partial charge in [-0.2, -0.15) is 0 Å². The van der Waals surface area contributed by atoms with Gasteiger partial charge in [0.15, 0.2) is 0 Å². The molecule has 1 atom stereocenters. The number of nitrogens with zero attached hydrogens (tertiary/aromatic N) is 1. The van der Waals surface area contributed by atoms with Crippen molar-refractivity contribution in [2.45, 2.75) is 36.7 Å². The molecule has 116 valence electrons. The molecule has 1 aliphatic heterocycles. The van der Waals surface area contributed by atoms with Crippen molar-refractivity contribution in [3.63, 3.8) is 0 Å². The normalized spacial score (nSPS) is 19.3. The largest absolute Gasteiger partial charge is 0.368 e. The third kappa shape index (κ3) is 4.03. The van der Waals surface area contributed by atoms with E-state index in [1.54, 1.807) is 37.3 Å². The number of amides is 1. The number of benzene rings is 1.